The van der Waals surface area contributed by atoms with Gasteiger partial charge in [0.15, 0.2) is 5.84 Å². The molecule has 0 aromatic heterocycles. The number of aryl methyl sites for hydroxylation is 1. The number of allylic oxidation sites excluding steroid dienone is 2. The molecule has 2 aliphatic heterocycles. The summed E-state index contributed by atoms with van der Waals surface area (Å²) in [5, 5.41) is 14.6. The number of nitrogens with zero attached hydrogens (tertiary/aromatic N) is 2. The van der Waals surface area contributed by atoms with Crippen LogP contribution in [0, 0.1) is 0 Å². The minimum Gasteiger partial charge on any atom is -0.507 e. The van der Waals surface area contributed by atoms with Crippen molar-refractivity contribution in [2.45, 2.75) is 19.8 Å². The normalized spacial score (nSPS) is 15.8. The molecule has 0 aliphatic carbocycles. The number of hydrogen-bond donors (Lipinski definition) is 3. The summed E-state index contributed by atoms with van der Waals surface area (Å²) in [6.07, 6.45) is 3.01. The number of nitrogens with one attached hydrogen (secondary N) is 2. The number of carbonyl (C=O) groups excluding carboxylic acids is 2. The van der Waals surface area contributed by atoms with Crippen molar-refractivity contribution in [2.24, 2.45) is 4.99 Å². The van der Waals surface area contributed by atoms with Crippen molar-refractivity contribution in [2.75, 3.05) is 19.8 Å². The monoisotopic (exact) mass is 370 g/mol. The lowest BCUT2D eigenvalue weighted by Crippen LogP contribution is -2.44. The highest BCUT2D eigenvalue weighted by Crippen LogP contribution is 2.26. The van der Waals surface area contributed by atoms with E-state index < -0.39 is 11.9 Å². The van der Waals surface area contributed by atoms with Gasteiger partial charge < -0.3 is 15.2 Å². The molecule has 142 valence electrons. The number of carbonyl (C=O) groups is 2. The van der Waals surface area contributed by atoms with Crippen molar-refractivity contribution < 1.29 is 19.4 Å². The second-order valence-corrected chi connectivity index (χ2v) is 6.00. The van der Waals surface area contributed by atoms with Crippen molar-refractivity contribution in [3.05, 3.63) is 59.0 Å². The molecule has 0 bridgehead atoms. The Bertz CT molecular complexity index is 814. The standard InChI is InChI=1S/C19H22N4O4/c1-2-27-16(25)11-20-19(26)17-15(24)10-14(23-18(17)21-12-22-23)9-8-13-6-4-3-5-7-13/h3-7,10,22,24H,2,8-9,11-12H2,1H3,(H,20,26). The molecule has 2 heterocycles. The van der Waals surface area contributed by atoms with Gasteiger partial charge in [0.2, 0.25) is 0 Å². The molecule has 0 atom stereocenters. The Morgan fingerprint density at radius 2 is 2.07 bits per heavy atom. The first-order valence-electron chi connectivity index (χ1n) is 8.80. The van der Waals surface area contributed by atoms with E-state index in [1.54, 1.807) is 18.0 Å². The van der Waals surface area contributed by atoms with Gasteiger partial charge in [0.1, 0.15) is 24.5 Å². The van der Waals surface area contributed by atoms with Crippen LogP contribution in [0.25, 0.3) is 0 Å². The molecule has 0 radical (unpaired) electrons. The second-order valence-electron chi connectivity index (χ2n) is 6.00. The summed E-state index contributed by atoms with van der Waals surface area (Å²) in [7, 11) is 0. The van der Waals surface area contributed by atoms with Gasteiger partial charge in [-0.25, -0.2) is 10.4 Å². The van der Waals surface area contributed by atoms with Crippen LogP contribution in [0.5, 0.6) is 0 Å². The van der Waals surface area contributed by atoms with Gasteiger partial charge in [0, 0.05) is 11.8 Å². The number of esters is 1. The van der Waals surface area contributed by atoms with E-state index >= 15 is 0 Å². The van der Waals surface area contributed by atoms with Gasteiger partial charge >= 0.3 is 5.97 Å². The lowest BCUT2D eigenvalue weighted by molar-refractivity contribution is -0.143. The molecule has 3 rings (SSSR count). The zero-order valence-electron chi connectivity index (χ0n) is 15.1. The number of amidine groups is 1. The van der Waals surface area contributed by atoms with Crippen LogP contribution in [0.4, 0.5) is 0 Å². The molecule has 8 nitrogen and oxygen atoms in total. The Hall–Kier alpha value is -3.13. The van der Waals surface area contributed by atoms with Crippen molar-refractivity contribution in [3.63, 3.8) is 0 Å². The quantitative estimate of drug-likeness (QED) is 0.623. The minimum atomic E-state index is -0.577. The van der Waals surface area contributed by atoms with E-state index in [-0.39, 0.29) is 24.5 Å². The number of aliphatic hydroxyl groups is 1. The molecule has 1 aromatic rings. The summed E-state index contributed by atoms with van der Waals surface area (Å²) < 4.78 is 4.79. The topological polar surface area (TPSA) is 103 Å². The van der Waals surface area contributed by atoms with E-state index in [4.69, 9.17) is 4.74 Å². The van der Waals surface area contributed by atoms with Gasteiger partial charge in [-0.1, -0.05) is 30.3 Å². The molecule has 1 aromatic carbocycles. The molecule has 0 fully saturated rings. The van der Waals surface area contributed by atoms with Crippen molar-refractivity contribution in [1.82, 2.24) is 15.8 Å². The third-order valence-corrected chi connectivity index (χ3v) is 4.18. The molecule has 27 heavy (non-hydrogen) atoms. The molecule has 1 amide bonds. The van der Waals surface area contributed by atoms with E-state index in [0.29, 0.717) is 18.9 Å². The Morgan fingerprint density at radius 3 is 2.81 bits per heavy atom. The first-order chi connectivity index (χ1) is 13.1. The first kappa shape index (κ1) is 18.7. The van der Waals surface area contributed by atoms with Gasteiger partial charge in [-0.3, -0.25) is 14.6 Å². The average molecular weight is 370 g/mol. The molecule has 2 aliphatic rings. The summed E-state index contributed by atoms with van der Waals surface area (Å²) in [6.45, 7) is 1.96. The number of rotatable bonds is 7. The maximum absolute atomic E-state index is 12.4. The number of ether oxygens (including phenoxy) is 1. The molecular formula is C19H22N4O4. The molecular weight excluding hydrogens is 348 g/mol. The summed E-state index contributed by atoms with van der Waals surface area (Å²) in [4.78, 5) is 28.2. The predicted octanol–water partition coefficient (Wildman–Crippen LogP) is 1.18. The van der Waals surface area contributed by atoms with Crippen molar-refractivity contribution in [3.8, 4) is 0 Å². The highest BCUT2D eigenvalue weighted by molar-refractivity contribution is 6.22. The summed E-state index contributed by atoms with van der Waals surface area (Å²) >= 11 is 0. The number of benzene rings is 1. The average Bonchev–Trinajstić information content (AvgIpc) is 3.15. The Morgan fingerprint density at radius 1 is 1.30 bits per heavy atom. The van der Waals surface area contributed by atoms with Gasteiger partial charge in [-0.2, -0.15) is 0 Å². The number of amides is 1. The van der Waals surface area contributed by atoms with Crippen LogP contribution in [-0.4, -0.2) is 47.6 Å². The van der Waals surface area contributed by atoms with Crippen molar-refractivity contribution in [1.29, 1.82) is 0 Å². The van der Waals surface area contributed by atoms with Crippen LogP contribution in [0.3, 0.4) is 0 Å². The van der Waals surface area contributed by atoms with Gasteiger partial charge in [0.05, 0.1) is 6.61 Å². The van der Waals surface area contributed by atoms with Crippen LogP contribution in [0.2, 0.25) is 0 Å². The number of hydrogen-bond acceptors (Lipinski definition) is 7. The van der Waals surface area contributed by atoms with E-state index in [2.05, 4.69) is 15.7 Å². The fourth-order valence-electron chi connectivity index (χ4n) is 2.94. The Kier molecular flexibility index (Phi) is 5.87. The fraction of sp³-hybridized carbons (Fsp3) is 0.316. The van der Waals surface area contributed by atoms with E-state index in [0.717, 1.165) is 12.1 Å². The first-order valence-corrected chi connectivity index (χ1v) is 8.80. The van der Waals surface area contributed by atoms with Crippen molar-refractivity contribution >= 4 is 17.7 Å². The number of fused-ring (bicyclic) bond motifs is 1. The second kappa shape index (κ2) is 8.50. The Labute approximate surface area is 157 Å². The Balaban J connectivity index is 1.73. The number of aliphatic hydroxyl groups excluding tert-OH is 1. The molecule has 3 N–H and O–H groups in total. The predicted molar refractivity (Wildman–Crippen MR) is 99.4 cm³/mol. The summed E-state index contributed by atoms with van der Waals surface area (Å²) in [5.74, 6) is -0.937. The summed E-state index contributed by atoms with van der Waals surface area (Å²) in [6, 6.07) is 10.0. The minimum absolute atomic E-state index is 0.0350. The van der Waals surface area contributed by atoms with Crippen LogP contribution >= 0.6 is 0 Å². The maximum atomic E-state index is 12.4. The lowest BCUT2D eigenvalue weighted by Gasteiger charge is -2.28. The smallest absolute Gasteiger partial charge is 0.325 e. The highest BCUT2D eigenvalue weighted by atomic mass is 16.5. The van der Waals surface area contributed by atoms with Gasteiger partial charge in [0.25, 0.3) is 5.91 Å². The van der Waals surface area contributed by atoms with Crippen LogP contribution in [0.15, 0.2) is 58.4 Å². The highest BCUT2D eigenvalue weighted by Gasteiger charge is 2.34. The third-order valence-electron chi connectivity index (χ3n) is 4.18. The van der Waals surface area contributed by atoms with E-state index in [1.807, 2.05) is 30.3 Å². The molecule has 0 saturated heterocycles. The number of aliphatic imine (C=N–C) groups is 1. The van der Waals surface area contributed by atoms with Crippen LogP contribution in [0.1, 0.15) is 18.9 Å². The lowest BCUT2D eigenvalue weighted by atomic mass is 10.0. The SMILES string of the molecule is CCOC(=O)CNC(=O)C1=C(O)C=C(CCc2ccccc2)N2NCN=C12. The molecule has 0 unspecified atom stereocenters. The fourth-order valence-corrected chi connectivity index (χ4v) is 2.94. The van der Waals surface area contributed by atoms with Gasteiger partial charge in [-0.05, 0) is 25.3 Å². The van der Waals surface area contributed by atoms with Crippen LogP contribution in [-0.2, 0) is 20.7 Å². The largest absolute Gasteiger partial charge is 0.507 e. The van der Waals surface area contributed by atoms with Gasteiger partial charge in [-0.15, -0.1) is 0 Å². The maximum Gasteiger partial charge on any atom is 0.325 e. The summed E-state index contributed by atoms with van der Waals surface area (Å²) in [5.41, 5.74) is 5.11. The zero-order valence-corrected chi connectivity index (χ0v) is 15.1. The zero-order chi connectivity index (χ0) is 19.2. The molecule has 0 spiro atoms. The number of hydrazine groups is 1. The third kappa shape index (κ3) is 4.35. The molecule has 0 saturated carbocycles. The van der Waals surface area contributed by atoms with E-state index in [9.17, 15) is 14.7 Å². The molecule has 8 heteroatoms. The van der Waals surface area contributed by atoms with E-state index in [1.165, 1.54) is 5.56 Å². The van der Waals surface area contributed by atoms with Crippen LogP contribution < -0.4 is 10.7 Å².